The molecule has 0 saturated heterocycles. The zero-order valence-electron chi connectivity index (χ0n) is 16.6. The molecule has 0 radical (unpaired) electrons. The fraction of sp³-hybridized carbons (Fsp3) is 0.227. The van der Waals surface area contributed by atoms with Gasteiger partial charge < -0.3 is 14.8 Å². The Bertz CT molecular complexity index is 1050. The van der Waals surface area contributed by atoms with E-state index in [0.717, 1.165) is 21.9 Å². The average Bonchev–Trinajstić information content (AvgIpc) is 3.19. The summed E-state index contributed by atoms with van der Waals surface area (Å²) in [5.74, 6) is -0.210. The molecule has 1 heterocycles. The first-order chi connectivity index (χ1) is 14.5. The molecule has 0 saturated carbocycles. The van der Waals surface area contributed by atoms with Gasteiger partial charge in [0, 0.05) is 16.1 Å². The van der Waals surface area contributed by atoms with Crippen LogP contribution in [0.25, 0.3) is 10.6 Å². The molecule has 156 valence electrons. The highest BCUT2D eigenvalue weighted by atomic mass is 35.5. The third-order valence-corrected chi connectivity index (χ3v) is 5.53. The first-order valence-corrected chi connectivity index (χ1v) is 10.6. The van der Waals surface area contributed by atoms with Crippen molar-refractivity contribution in [3.8, 4) is 16.3 Å². The van der Waals surface area contributed by atoms with Crippen LogP contribution in [0.1, 0.15) is 18.2 Å². The van der Waals surface area contributed by atoms with Crippen LogP contribution in [0.15, 0.2) is 47.8 Å². The van der Waals surface area contributed by atoms with Gasteiger partial charge in [0.05, 0.1) is 24.3 Å². The van der Waals surface area contributed by atoms with E-state index in [9.17, 15) is 9.59 Å². The van der Waals surface area contributed by atoms with Crippen LogP contribution >= 0.6 is 22.9 Å². The zero-order chi connectivity index (χ0) is 21.5. The Hall–Kier alpha value is -2.90. The predicted molar refractivity (Wildman–Crippen MR) is 118 cm³/mol. The second-order valence-electron chi connectivity index (χ2n) is 6.37. The number of thiazole rings is 1. The Balaban J connectivity index is 1.55. The van der Waals surface area contributed by atoms with Crippen molar-refractivity contribution in [1.29, 1.82) is 0 Å². The van der Waals surface area contributed by atoms with Crippen LogP contribution in [0, 0.1) is 6.92 Å². The second-order valence-corrected chi connectivity index (χ2v) is 7.64. The molecular formula is C22H21ClN2O4S. The molecule has 3 aromatic rings. The summed E-state index contributed by atoms with van der Waals surface area (Å²) in [4.78, 5) is 28.7. The molecule has 0 atom stereocenters. The van der Waals surface area contributed by atoms with E-state index in [2.05, 4.69) is 10.3 Å². The molecule has 1 amide bonds. The van der Waals surface area contributed by atoms with Crippen molar-refractivity contribution in [1.82, 2.24) is 4.98 Å². The second kappa shape index (κ2) is 10.2. The van der Waals surface area contributed by atoms with Gasteiger partial charge >= 0.3 is 5.97 Å². The lowest BCUT2D eigenvalue weighted by Gasteiger charge is -2.09. The van der Waals surface area contributed by atoms with Crippen molar-refractivity contribution in [3.63, 3.8) is 0 Å². The molecule has 3 rings (SSSR count). The first kappa shape index (κ1) is 21.8. The zero-order valence-corrected chi connectivity index (χ0v) is 18.2. The van der Waals surface area contributed by atoms with Crippen molar-refractivity contribution in [2.45, 2.75) is 20.3 Å². The van der Waals surface area contributed by atoms with Crippen molar-refractivity contribution < 1.29 is 19.1 Å². The van der Waals surface area contributed by atoms with E-state index < -0.39 is 11.9 Å². The van der Waals surface area contributed by atoms with Crippen LogP contribution in [0.2, 0.25) is 5.02 Å². The lowest BCUT2D eigenvalue weighted by molar-refractivity contribution is -0.146. The summed E-state index contributed by atoms with van der Waals surface area (Å²) in [6, 6.07) is 12.8. The number of carbonyl (C=O) groups is 2. The Morgan fingerprint density at radius 1 is 1.17 bits per heavy atom. The van der Waals surface area contributed by atoms with Crippen molar-refractivity contribution >= 4 is 40.5 Å². The number of amides is 1. The Morgan fingerprint density at radius 2 is 1.97 bits per heavy atom. The van der Waals surface area contributed by atoms with Crippen molar-refractivity contribution in [2.75, 3.05) is 18.5 Å². The number of hydrogen-bond donors (Lipinski definition) is 1. The molecular weight excluding hydrogens is 424 g/mol. The molecule has 0 fully saturated rings. The number of esters is 1. The minimum Gasteiger partial charge on any atom is -0.493 e. The Labute approximate surface area is 183 Å². The molecule has 30 heavy (non-hydrogen) atoms. The van der Waals surface area contributed by atoms with E-state index in [4.69, 9.17) is 21.1 Å². The van der Waals surface area contributed by atoms with Crippen LogP contribution in [0.3, 0.4) is 0 Å². The van der Waals surface area contributed by atoms with E-state index in [0.29, 0.717) is 23.0 Å². The number of rotatable bonds is 8. The van der Waals surface area contributed by atoms with E-state index in [1.807, 2.05) is 31.2 Å². The lowest BCUT2D eigenvalue weighted by Crippen LogP contribution is -2.22. The molecule has 0 aliphatic heterocycles. The highest BCUT2D eigenvalue weighted by Gasteiger charge is 2.14. The van der Waals surface area contributed by atoms with Gasteiger partial charge in [-0.25, -0.2) is 4.98 Å². The fourth-order valence-electron chi connectivity index (χ4n) is 2.71. The van der Waals surface area contributed by atoms with Crippen molar-refractivity contribution in [3.05, 3.63) is 64.1 Å². The summed E-state index contributed by atoms with van der Waals surface area (Å²) in [6.45, 7) is 3.89. The number of benzene rings is 2. The maximum absolute atomic E-state index is 12.1. The summed E-state index contributed by atoms with van der Waals surface area (Å²) < 4.78 is 10.7. The van der Waals surface area contributed by atoms with Crippen LogP contribution < -0.4 is 10.1 Å². The predicted octanol–water partition coefficient (Wildman–Crippen LogP) is 4.90. The minimum atomic E-state index is -0.525. The van der Waals surface area contributed by atoms with Gasteiger partial charge in [0.1, 0.15) is 10.8 Å². The molecule has 2 aromatic carbocycles. The van der Waals surface area contributed by atoms with E-state index in [-0.39, 0.29) is 13.0 Å². The van der Waals surface area contributed by atoms with Gasteiger partial charge in [-0.2, -0.15) is 0 Å². The monoisotopic (exact) mass is 444 g/mol. The molecule has 0 aliphatic rings. The number of aromatic nitrogens is 1. The van der Waals surface area contributed by atoms with Crippen LogP contribution in [-0.4, -0.2) is 30.1 Å². The SMILES string of the molecule is CCOc1ccccc1-c1nc(CC(=O)OCC(=O)Nc2cccc(Cl)c2C)cs1. The van der Waals surface area contributed by atoms with Gasteiger partial charge in [0.2, 0.25) is 0 Å². The van der Waals surface area contributed by atoms with Gasteiger partial charge in [-0.1, -0.05) is 29.8 Å². The van der Waals surface area contributed by atoms with Crippen LogP contribution in [0.4, 0.5) is 5.69 Å². The number of hydrogen-bond acceptors (Lipinski definition) is 6. The third kappa shape index (κ3) is 5.58. The van der Waals surface area contributed by atoms with Crippen LogP contribution in [-0.2, 0) is 20.7 Å². The average molecular weight is 445 g/mol. The summed E-state index contributed by atoms with van der Waals surface area (Å²) >= 11 is 7.46. The number of ether oxygens (including phenoxy) is 2. The van der Waals surface area contributed by atoms with Gasteiger partial charge in [0.25, 0.3) is 5.91 Å². The molecule has 1 N–H and O–H groups in total. The van der Waals surface area contributed by atoms with Gasteiger partial charge in [-0.05, 0) is 43.7 Å². The topological polar surface area (TPSA) is 77.5 Å². The lowest BCUT2D eigenvalue weighted by atomic mass is 10.2. The maximum Gasteiger partial charge on any atom is 0.312 e. The first-order valence-electron chi connectivity index (χ1n) is 9.35. The number of nitrogens with one attached hydrogen (secondary N) is 1. The molecule has 0 bridgehead atoms. The highest BCUT2D eigenvalue weighted by molar-refractivity contribution is 7.13. The normalized spacial score (nSPS) is 10.5. The Kier molecular flexibility index (Phi) is 7.43. The summed E-state index contributed by atoms with van der Waals surface area (Å²) in [6.07, 6.45) is -0.0171. The number of halogens is 1. The molecule has 0 aliphatic carbocycles. The fourth-order valence-corrected chi connectivity index (χ4v) is 3.73. The summed E-state index contributed by atoms with van der Waals surface area (Å²) in [5, 5.41) is 5.80. The van der Waals surface area contributed by atoms with Gasteiger partial charge in [-0.15, -0.1) is 11.3 Å². The molecule has 8 heteroatoms. The number of carbonyl (C=O) groups excluding carboxylic acids is 2. The van der Waals surface area contributed by atoms with Crippen molar-refractivity contribution in [2.24, 2.45) is 0 Å². The Morgan fingerprint density at radius 3 is 2.77 bits per heavy atom. The standard InChI is InChI=1S/C22H21ClN2O4S/c1-3-28-19-10-5-4-7-16(19)22-24-15(13-30-22)11-21(27)29-12-20(26)25-18-9-6-8-17(23)14(18)2/h4-10,13H,3,11-12H2,1-2H3,(H,25,26). The van der Waals surface area contributed by atoms with Gasteiger partial charge in [-0.3, -0.25) is 9.59 Å². The number of para-hydroxylation sites is 1. The van der Waals surface area contributed by atoms with E-state index in [1.54, 1.807) is 30.5 Å². The highest BCUT2D eigenvalue weighted by Crippen LogP contribution is 2.32. The van der Waals surface area contributed by atoms with E-state index >= 15 is 0 Å². The van der Waals surface area contributed by atoms with Gasteiger partial charge in [0.15, 0.2) is 6.61 Å². The molecule has 0 spiro atoms. The van der Waals surface area contributed by atoms with Crippen LogP contribution in [0.5, 0.6) is 5.75 Å². The summed E-state index contributed by atoms with van der Waals surface area (Å²) in [7, 11) is 0. The summed E-state index contributed by atoms with van der Waals surface area (Å²) in [5.41, 5.74) is 2.79. The molecule has 6 nitrogen and oxygen atoms in total. The number of nitrogens with zero attached hydrogens (tertiary/aromatic N) is 1. The molecule has 1 aromatic heterocycles. The molecule has 0 unspecified atom stereocenters. The number of anilines is 1. The quantitative estimate of drug-likeness (QED) is 0.500. The largest absolute Gasteiger partial charge is 0.493 e. The smallest absolute Gasteiger partial charge is 0.312 e. The maximum atomic E-state index is 12.1. The minimum absolute atomic E-state index is 0.0171. The van der Waals surface area contributed by atoms with E-state index in [1.165, 1.54) is 11.3 Å². The third-order valence-electron chi connectivity index (χ3n) is 4.20.